The van der Waals surface area contributed by atoms with E-state index in [9.17, 15) is 4.79 Å². The van der Waals surface area contributed by atoms with Gasteiger partial charge in [0.05, 0.1) is 24.0 Å². The molecule has 0 fully saturated rings. The predicted molar refractivity (Wildman–Crippen MR) is 72.1 cm³/mol. The molecule has 2 aromatic rings. The quantitative estimate of drug-likeness (QED) is 0.787. The van der Waals surface area contributed by atoms with Crippen molar-refractivity contribution in [2.45, 2.75) is 27.2 Å². The van der Waals surface area contributed by atoms with E-state index < -0.39 is 5.97 Å². The number of oxazole rings is 1. The number of hydrogen-bond donors (Lipinski definition) is 0. The zero-order valence-electron chi connectivity index (χ0n) is 11.2. The molecule has 0 aliphatic rings. The minimum atomic E-state index is -0.457. The summed E-state index contributed by atoms with van der Waals surface area (Å²) in [6, 6.07) is 0. The Balaban J connectivity index is 2.36. The van der Waals surface area contributed by atoms with Gasteiger partial charge in [-0.15, -0.1) is 11.3 Å². The molecule has 0 amide bonds. The second kappa shape index (κ2) is 5.97. The molecule has 0 unspecified atom stereocenters. The van der Waals surface area contributed by atoms with Crippen molar-refractivity contribution in [1.82, 2.24) is 9.97 Å². The highest BCUT2D eigenvalue weighted by molar-refractivity contribution is 7.13. The molecule has 102 valence electrons. The van der Waals surface area contributed by atoms with Gasteiger partial charge in [0.1, 0.15) is 4.88 Å². The molecule has 0 aliphatic heterocycles. The SMILES string of the molecule is CCOC(=O)c1oc(-c2cncs2)nc1CC(C)C. The summed E-state index contributed by atoms with van der Waals surface area (Å²) in [4.78, 5) is 21.0. The molecule has 2 heterocycles. The normalized spacial score (nSPS) is 10.9. The number of ether oxygens (including phenoxy) is 1. The van der Waals surface area contributed by atoms with Crippen molar-refractivity contribution in [1.29, 1.82) is 0 Å². The van der Waals surface area contributed by atoms with Crippen LogP contribution < -0.4 is 0 Å². The van der Waals surface area contributed by atoms with Crippen LogP contribution in [-0.4, -0.2) is 22.5 Å². The van der Waals surface area contributed by atoms with E-state index in [1.165, 1.54) is 11.3 Å². The largest absolute Gasteiger partial charge is 0.460 e. The number of hydrogen-bond acceptors (Lipinski definition) is 6. The van der Waals surface area contributed by atoms with Gasteiger partial charge in [0, 0.05) is 0 Å². The van der Waals surface area contributed by atoms with Gasteiger partial charge in [0.25, 0.3) is 0 Å². The lowest BCUT2D eigenvalue weighted by molar-refractivity contribution is 0.0489. The van der Waals surface area contributed by atoms with Crippen LogP contribution in [0.4, 0.5) is 0 Å². The molecule has 0 N–H and O–H groups in total. The van der Waals surface area contributed by atoms with Gasteiger partial charge in [0.2, 0.25) is 11.7 Å². The Labute approximate surface area is 115 Å². The van der Waals surface area contributed by atoms with Gasteiger partial charge in [-0.05, 0) is 19.3 Å². The number of carbonyl (C=O) groups is 1. The highest BCUT2D eigenvalue weighted by Crippen LogP contribution is 2.26. The monoisotopic (exact) mass is 280 g/mol. The molecule has 0 bridgehead atoms. The molecule has 2 aromatic heterocycles. The molecule has 19 heavy (non-hydrogen) atoms. The molecule has 0 spiro atoms. The number of carbonyl (C=O) groups excluding carboxylic acids is 1. The molecule has 2 rings (SSSR count). The van der Waals surface area contributed by atoms with Crippen molar-refractivity contribution in [3.8, 4) is 10.8 Å². The molecule has 5 nitrogen and oxygen atoms in total. The highest BCUT2D eigenvalue weighted by Gasteiger charge is 2.23. The molecule has 0 atom stereocenters. The lowest BCUT2D eigenvalue weighted by Gasteiger charge is -2.02. The van der Waals surface area contributed by atoms with Crippen molar-refractivity contribution < 1.29 is 13.9 Å². The predicted octanol–water partition coefficient (Wildman–Crippen LogP) is 3.17. The maximum absolute atomic E-state index is 11.9. The van der Waals surface area contributed by atoms with Crippen molar-refractivity contribution >= 4 is 17.3 Å². The summed E-state index contributed by atoms with van der Waals surface area (Å²) in [7, 11) is 0. The molecule has 0 saturated carbocycles. The van der Waals surface area contributed by atoms with Crippen molar-refractivity contribution in [2.75, 3.05) is 6.61 Å². The fourth-order valence-electron chi connectivity index (χ4n) is 1.66. The summed E-state index contributed by atoms with van der Waals surface area (Å²) < 4.78 is 10.6. The van der Waals surface area contributed by atoms with E-state index in [1.807, 2.05) is 0 Å². The van der Waals surface area contributed by atoms with Crippen LogP contribution in [0.5, 0.6) is 0 Å². The summed E-state index contributed by atoms with van der Waals surface area (Å²) in [5.74, 6) is 0.564. The zero-order valence-corrected chi connectivity index (χ0v) is 12.0. The van der Waals surface area contributed by atoms with Crippen LogP contribution in [0.25, 0.3) is 10.8 Å². The van der Waals surface area contributed by atoms with Crippen LogP contribution in [0.2, 0.25) is 0 Å². The molecule has 0 radical (unpaired) electrons. The van der Waals surface area contributed by atoms with E-state index in [0.717, 1.165) is 4.88 Å². The first kappa shape index (κ1) is 13.7. The van der Waals surface area contributed by atoms with E-state index >= 15 is 0 Å². The Morgan fingerprint density at radius 2 is 2.32 bits per heavy atom. The van der Waals surface area contributed by atoms with Crippen LogP contribution in [-0.2, 0) is 11.2 Å². The lowest BCUT2D eigenvalue weighted by Crippen LogP contribution is -2.08. The summed E-state index contributed by atoms with van der Waals surface area (Å²) in [6.45, 7) is 6.21. The summed E-state index contributed by atoms with van der Waals surface area (Å²) in [6.07, 6.45) is 2.35. The van der Waals surface area contributed by atoms with E-state index in [-0.39, 0.29) is 5.76 Å². The van der Waals surface area contributed by atoms with Gasteiger partial charge in [-0.3, -0.25) is 4.98 Å². The fourth-order valence-corrected chi connectivity index (χ4v) is 2.20. The van der Waals surface area contributed by atoms with Crippen molar-refractivity contribution in [3.05, 3.63) is 23.2 Å². The third-order valence-electron chi connectivity index (χ3n) is 2.40. The zero-order chi connectivity index (χ0) is 13.8. The smallest absolute Gasteiger partial charge is 0.376 e. The van der Waals surface area contributed by atoms with E-state index in [4.69, 9.17) is 9.15 Å². The van der Waals surface area contributed by atoms with Crippen LogP contribution in [0.3, 0.4) is 0 Å². The Kier molecular flexibility index (Phi) is 4.31. The van der Waals surface area contributed by atoms with Gasteiger partial charge in [-0.1, -0.05) is 13.8 Å². The topological polar surface area (TPSA) is 65.2 Å². The van der Waals surface area contributed by atoms with Crippen LogP contribution in [0.15, 0.2) is 16.1 Å². The standard InChI is InChI=1S/C13H16N2O3S/c1-4-17-13(16)11-9(5-8(2)3)15-12(18-11)10-6-14-7-19-10/h6-8H,4-5H2,1-3H3. The minimum absolute atomic E-state index is 0.207. The minimum Gasteiger partial charge on any atom is -0.460 e. The first-order chi connectivity index (χ1) is 9.11. The maximum Gasteiger partial charge on any atom is 0.376 e. The summed E-state index contributed by atoms with van der Waals surface area (Å²) >= 11 is 1.42. The van der Waals surface area contributed by atoms with Gasteiger partial charge in [-0.2, -0.15) is 0 Å². The lowest BCUT2D eigenvalue weighted by atomic mass is 10.1. The molecular formula is C13H16N2O3S. The maximum atomic E-state index is 11.9. The van der Waals surface area contributed by atoms with Crippen LogP contribution in [0, 0.1) is 5.92 Å². The Bertz CT molecular complexity index is 546. The number of nitrogens with zero attached hydrogens (tertiary/aromatic N) is 2. The number of esters is 1. The molecule has 0 aliphatic carbocycles. The fraction of sp³-hybridized carbons (Fsp3) is 0.462. The second-order valence-corrected chi connectivity index (χ2v) is 5.37. The molecule has 0 aromatic carbocycles. The van der Waals surface area contributed by atoms with Gasteiger partial charge < -0.3 is 9.15 Å². The molecular weight excluding hydrogens is 264 g/mol. The average molecular weight is 280 g/mol. The van der Waals surface area contributed by atoms with Crippen molar-refractivity contribution in [2.24, 2.45) is 5.92 Å². The first-order valence-electron chi connectivity index (χ1n) is 6.17. The Morgan fingerprint density at radius 1 is 1.53 bits per heavy atom. The van der Waals surface area contributed by atoms with E-state index in [2.05, 4.69) is 23.8 Å². The first-order valence-corrected chi connectivity index (χ1v) is 7.05. The van der Waals surface area contributed by atoms with Gasteiger partial charge in [-0.25, -0.2) is 9.78 Å². The second-order valence-electron chi connectivity index (χ2n) is 4.48. The highest BCUT2D eigenvalue weighted by atomic mass is 32.1. The Morgan fingerprint density at radius 3 is 2.89 bits per heavy atom. The van der Waals surface area contributed by atoms with Gasteiger partial charge >= 0.3 is 5.97 Å². The third kappa shape index (κ3) is 3.20. The number of aromatic nitrogens is 2. The third-order valence-corrected chi connectivity index (χ3v) is 3.16. The number of rotatable bonds is 5. The van der Waals surface area contributed by atoms with Crippen LogP contribution >= 0.6 is 11.3 Å². The average Bonchev–Trinajstić information content (AvgIpc) is 2.96. The summed E-state index contributed by atoms with van der Waals surface area (Å²) in [5, 5.41) is 0. The van der Waals surface area contributed by atoms with Gasteiger partial charge in [0.15, 0.2) is 0 Å². The van der Waals surface area contributed by atoms with Crippen molar-refractivity contribution in [3.63, 3.8) is 0 Å². The Hall–Kier alpha value is -1.69. The molecule has 6 heteroatoms. The number of thiazole rings is 1. The van der Waals surface area contributed by atoms with E-state index in [0.29, 0.717) is 30.5 Å². The summed E-state index contributed by atoms with van der Waals surface area (Å²) in [5.41, 5.74) is 2.35. The van der Waals surface area contributed by atoms with Crippen LogP contribution in [0.1, 0.15) is 37.0 Å². The molecule has 0 saturated heterocycles. The van der Waals surface area contributed by atoms with E-state index in [1.54, 1.807) is 18.6 Å².